The maximum Gasteiger partial charge on any atom is 0.306 e. The SMILES string of the molecule is CC(C)C.CC(C)C.CC(C)ON1C(=O)CC(C)C1=O.CC(C)ON1C(=O)CCC1=O.CC(C)Oc1c(F)c(F)c(OS(C)(=O)=O)c(F)c1F.Cc1c(F)c(F)c(OC(C)C)c(F)c1F.Cc1cc(Cl)c(OC(C)C)cc1Cl.Cc1cc(F)c(F)c(OC(C)C)c1F.Cc1ccc(OC(C)C)cc1.Cc1cccc(OC(C)C)c1. The molecule has 2 saturated heterocycles. The van der Waals surface area contributed by atoms with Crippen molar-refractivity contribution in [1.82, 2.24) is 10.1 Å². The third-order valence-corrected chi connectivity index (χ3v) is 13.7. The van der Waals surface area contributed by atoms with Crippen LogP contribution in [0.5, 0.6) is 40.2 Å². The maximum absolute atomic E-state index is 13.5. The number of amides is 4. The van der Waals surface area contributed by atoms with Crippen LogP contribution in [0.2, 0.25) is 10.0 Å². The Balaban J connectivity index is 0. The fourth-order valence-electron chi connectivity index (χ4n) is 8.04. The fraction of sp³-hybridized carbons (Fsp3) is 0.518. The zero-order valence-electron chi connectivity index (χ0n) is 70.7. The van der Waals surface area contributed by atoms with E-state index in [1.807, 2.05) is 84.9 Å². The minimum Gasteiger partial charge on any atom is -0.491 e. The van der Waals surface area contributed by atoms with Gasteiger partial charge in [-0.3, -0.25) is 28.9 Å². The second-order valence-electron chi connectivity index (χ2n) is 29.2. The van der Waals surface area contributed by atoms with Crippen molar-refractivity contribution in [3.63, 3.8) is 0 Å². The first-order valence-electron chi connectivity index (χ1n) is 36.7. The van der Waals surface area contributed by atoms with Crippen molar-refractivity contribution >= 4 is 56.9 Å². The summed E-state index contributed by atoms with van der Waals surface area (Å²) >= 11 is 11.9. The number of imide groups is 2. The van der Waals surface area contributed by atoms with Crippen LogP contribution in [0.3, 0.4) is 0 Å². The van der Waals surface area contributed by atoms with Crippen LogP contribution in [0.1, 0.15) is 206 Å². The van der Waals surface area contributed by atoms with Gasteiger partial charge in [0, 0.05) is 41.8 Å². The number of halogens is 13. The van der Waals surface area contributed by atoms with Crippen LogP contribution in [0.4, 0.5) is 48.3 Å². The third kappa shape index (κ3) is 42.0. The Hall–Kier alpha value is -8.12. The molecule has 1 atom stereocenters. The van der Waals surface area contributed by atoms with Gasteiger partial charge in [-0.05, 0) is 210 Å². The molecule has 8 rings (SSSR count). The van der Waals surface area contributed by atoms with Gasteiger partial charge in [0.15, 0.2) is 40.5 Å². The van der Waals surface area contributed by atoms with Crippen molar-refractivity contribution in [3.05, 3.63) is 169 Å². The Bertz CT molecular complexity index is 4000. The molecule has 0 N–H and O–H groups in total. The van der Waals surface area contributed by atoms with E-state index in [0.717, 1.165) is 52.0 Å². The molecule has 0 aliphatic carbocycles. The van der Waals surface area contributed by atoms with E-state index >= 15 is 0 Å². The Kier molecular flexibility index (Phi) is 49.7. The highest BCUT2D eigenvalue weighted by Gasteiger charge is 2.38. The lowest BCUT2D eigenvalue weighted by Crippen LogP contribution is -2.33. The van der Waals surface area contributed by atoms with Crippen LogP contribution in [0.15, 0.2) is 66.7 Å². The standard InChI is InChI=1S/C10H12Cl2O.C10H10F4O4S.C10H10F4O.C10H11F3O.2C10H14O.C8H13NO3.C7H11NO3.2C4H10/c1-6(2)13-10-5-8(11)7(3)4-9(10)12;1-4(2)17-9-5(11)7(13)10(8(14)6(9)12)18-19(3,15)16;1-4(2)15-10-8(13)6(11)5(3)7(12)9(10)14;1-5(2)14-10-8(12)6(3)4-7(11)9(10)13;1-8(2)11-10-6-4-9(3)5-7-10;1-8(2)11-10-6-4-5-9(3)7-10;1-5(2)12-9-7(10)4-6(3)8(9)11;1-5(2)11-8-6(9)3-4-7(8)10;2*1-4(2)3/h4-6H,1-3H3;4H,1-3H3;4H,1-3H3;4-5H,1-3H3;2*4-8H,1-3H3;5-6H,4H2,1-3H3;5H,3-4H2,1-2H3;2*4H,1-3H3. The molecular weight excluding hydrogens is 1580 g/mol. The molecule has 2 aliphatic heterocycles. The summed E-state index contributed by atoms with van der Waals surface area (Å²) in [6, 6.07) is 20.5. The molecule has 17 nitrogen and oxygen atoms in total. The van der Waals surface area contributed by atoms with E-state index in [1.165, 1.54) is 45.7 Å². The van der Waals surface area contributed by atoms with Gasteiger partial charge in [-0.1, -0.05) is 101 Å². The molecule has 0 bridgehead atoms. The average molecular weight is 1690 g/mol. The smallest absolute Gasteiger partial charge is 0.306 e. The van der Waals surface area contributed by atoms with Crippen molar-refractivity contribution in [1.29, 1.82) is 0 Å². The lowest BCUT2D eigenvalue weighted by Gasteiger charge is -2.16. The van der Waals surface area contributed by atoms with Gasteiger partial charge in [0.1, 0.15) is 17.2 Å². The van der Waals surface area contributed by atoms with E-state index in [0.29, 0.717) is 22.1 Å². The highest BCUT2D eigenvalue weighted by Crippen LogP contribution is 2.37. The monoisotopic (exact) mass is 1690 g/mol. The van der Waals surface area contributed by atoms with E-state index in [-0.39, 0.29) is 84.9 Å². The first-order valence-corrected chi connectivity index (χ1v) is 39.2. The highest BCUT2D eigenvalue weighted by molar-refractivity contribution is 7.86. The van der Waals surface area contributed by atoms with Crippen molar-refractivity contribution in [3.8, 4) is 40.2 Å². The minimum atomic E-state index is -4.35. The number of hydrogen-bond acceptors (Lipinski definition) is 15. The van der Waals surface area contributed by atoms with Crippen LogP contribution in [0.25, 0.3) is 0 Å². The van der Waals surface area contributed by atoms with Crippen molar-refractivity contribution in [2.24, 2.45) is 17.8 Å². The zero-order valence-corrected chi connectivity index (χ0v) is 73.0. The molecule has 2 aliphatic rings. The summed E-state index contributed by atoms with van der Waals surface area (Å²) in [5.41, 5.74) is 2.80. The molecule has 0 spiro atoms. The first-order chi connectivity index (χ1) is 52.3. The molecule has 0 aromatic heterocycles. The summed E-state index contributed by atoms with van der Waals surface area (Å²) in [7, 11) is -4.35. The second-order valence-corrected chi connectivity index (χ2v) is 31.6. The van der Waals surface area contributed by atoms with Gasteiger partial charge in [-0.2, -0.15) is 49.3 Å². The van der Waals surface area contributed by atoms with Crippen molar-refractivity contribution < 1.29 is 118 Å². The van der Waals surface area contributed by atoms with Gasteiger partial charge >= 0.3 is 10.1 Å². The predicted molar refractivity (Wildman–Crippen MR) is 422 cm³/mol. The lowest BCUT2D eigenvalue weighted by atomic mass is 10.1. The number of hydrogen-bond donors (Lipinski definition) is 0. The number of rotatable bonds is 18. The molecule has 2 heterocycles. The van der Waals surface area contributed by atoms with Crippen molar-refractivity contribution in [2.45, 2.75) is 262 Å². The number of ether oxygens (including phenoxy) is 6. The summed E-state index contributed by atoms with van der Waals surface area (Å²) in [4.78, 5) is 54.2. The number of aryl methyl sites for hydroxylation is 4. The molecule has 114 heavy (non-hydrogen) atoms. The van der Waals surface area contributed by atoms with E-state index in [1.54, 1.807) is 54.5 Å². The zero-order chi connectivity index (χ0) is 89.0. The van der Waals surface area contributed by atoms with E-state index in [9.17, 15) is 75.9 Å². The molecule has 644 valence electrons. The summed E-state index contributed by atoms with van der Waals surface area (Å²) in [6.45, 7) is 51.2. The Morgan fingerprint density at radius 1 is 0.386 bits per heavy atom. The maximum atomic E-state index is 13.5. The average Bonchev–Trinajstić information content (AvgIpc) is 1.14. The first kappa shape index (κ1) is 108. The molecule has 4 amide bonds. The molecule has 6 aromatic carbocycles. The molecule has 6 aromatic rings. The van der Waals surface area contributed by atoms with Gasteiger partial charge in [0.25, 0.3) is 23.6 Å². The Morgan fingerprint density at radius 3 is 1.11 bits per heavy atom. The summed E-state index contributed by atoms with van der Waals surface area (Å²) in [5.74, 6) is -18.3. The Morgan fingerprint density at radius 2 is 0.754 bits per heavy atom. The highest BCUT2D eigenvalue weighted by atomic mass is 35.5. The molecule has 31 heteroatoms. The molecule has 2 fully saturated rings. The van der Waals surface area contributed by atoms with E-state index in [4.69, 9.17) is 51.8 Å². The number of benzene rings is 6. The number of carbonyl (C=O) groups excluding carboxylic acids is 4. The normalized spacial score (nSPS) is 12.9. The molecule has 0 radical (unpaired) electrons. The Labute approximate surface area is 676 Å². The van der Waals surface area contributed by atoms with Crippen LogP contribution in [-0.2, 0) is 39.0 Å². The van der Waals surface area contributed by atoms with Gasteiger partial charge < -0.3 is 32.6 Å². The van der Waals surface area contributed by atoms with Gasteiger partial charge in [-0.25, -0.2) is 17.6 Å². The topological polar surface area (TPSA) is 192 Å². The largest absolute Gasteiger partial charge is 0.491 e. The van der Waals surface area contributed by atoms with Crippen LogP contribution in [0, 0.1) is 116 Å². The van der Waals surface area contributed by atoms with Crippen LogP contribution >= 0.6 is 23.2 Å². The van der Waals surface area contributed by atoms with E-state index < -0.39 is 121 Å². The van der Waals surface area contributed by atoms with Crippen LogP contribution < -0.4 is 32.6 Å². The van der Waals surface area contributed by atoms with Crippen LogP contribution in [-0.4, -0.2) is 97.3 Å². The molecular formula is C83H115Cl2F11N2O15S. The third-order valence-electron chi connectivity index (χ3n) is 12.5. The quantitative estimate of drug-likeness (QED) is 0.0341. The van der Waals surface area contributed by atoms with E-state index in [2.05, 4.69) is 87.2 Å². The summed E-state index contributed by atoms with van der Waals surface area (Å²) in [6.07, 6.45) is -0.0433. The fourth-order valence-corrected chi connectivity index (χ4v) is 8.90. The summed E-state index contributed by atoms with van der Waals surface area (Å²) < 4.78 is 201. The molecule has 0 saturated carbocycles. The number of nitrogens with zero attached hydrogens (tertiary/aromatic N) is 2. The lowest BCUT2D eigenvalue weighted by molar-refractivity contribution is -0.199. The molecule has 1 unspecified atom stereocenters. The second kappa shape index (κ2) is 52.5. The van der Waals surface area contributed by atoms with Gasteiger partial charge in [-0.15, -0.1) is 0 Å². The number of carbonyl (C=O) groups is 4. The van der Waals surface area contributed by atoms with Gasteiger partial charge in [0.05, 0.1) is 60.1 Å². The predicted octanol–water partition coefficient (Wildman–Crippen LogP) is 23.1. The van der Waals surface area contributed by atoms with Gasteiger partial charge in [0.2, 0.25) is 46.5 Å². The summed E-state index contributed by atoms with van der Waals surface area (Å²) in [5, 5.41) is 3.04. The number of hydroxylamine groups is 4. The van der Waals surface area contributed by atoms with Crippen molar-refractivity contribution in [2.75, 3.05) is 6.26 Å². The minimum absolute atomic E-state index is 0.0274.